The molecule has 0 radical (unpaired) electrons. The molecule has 0 bridgehead atoms. The SMILES string of the molecule is Cn1ncc2cc(SN3CCC(CS)CC3)cnc21. The summed E-state index contributed by atoms with van der Waals surface area (Å²) in [6.07, 6.45) is 6.32. The molecule has 0 spiro atoms. The number of rotatable bonds is 3. The van der Waals surface area contributed by atoms with Crippen molar-refractivity contribution in [3.63, 3.8) is 0 Å². The third-order valence-corrected chi connectivity index (χ3v) is 5.19. The van der Waals surface area contributed by atoms with E-state index in [-0.39, 0.29) is 0 Å². The van der Waals surface area contributed by atoms with E-state index in [1.54, 1.807) is 0 Å². The molecule has 0 aliphatic carbocycles. The monoisotopic (exact) mass is 294 g/mol. The van der Waals surface area contributed by atoms with E-state index >= 15 is 0 Å². The van der Waals surface area contributed by atoms with Crippen LogP contribution >= 0.6 is 24.6 Å². The van der Waals surface area contributed by atoms with Crippen LogP contribution in [0.1, 0.15) is 12.8 Å². The summed E-state index contributed by atoms with van der Waals surface area (Å²) in [7, 11) is 1.92. The van der Waals surface area contributed by atoms with Crippen LogP contribution in [0.4, 0.5) is 0 Å². The second kappa shape index (κ2) is 5.73. The minimum Gasteiger partial charge on any atom is -0.250 e. The first kappa shape index (κ1) is 13.3. The molecular weight excluding hydrogens is 276 g/mol. The largest absolute Gasteiger partial charge is 0.250 e. The zero-order valence-electron chi connectivity index (χ0n) is 11.0. The molecule has 19 heavy (non-hydrogen) atoms. The van der Waals surface area contributed by atoms with Crippen LogP contribution in [-0.4, -0.2) is 37.9 Å². The van der Waals surface area contributed by atoms with Gasteiger partial charge in [0, 0.05) is 36.6 Å². The normalized spacial score (nSPS) is 18.2. The van der Waals surface area contributed by atoms with Crippen LogP contribution in [0.2, 0.25) is 0 Å². The number of aromatic nitrogens is 3. The van der Waals surface area contributed by atoms with Crippen molar-refractivity contribution in [2.45, 2.75) is 17.7 Å². The van der Waals surface area contributed by atoms with Gasteiger partial charge in [0.2, 0.25) is 0 Å². The molecule has 1 aliphatic heterocycles. The highest BCUT2D eigenvalue weighted by atomic mass is 32.2. The Morgan fingerprint density at radius 2 is 2.16 bits per heavy atom. The number of pyridine rings is 1. The van der Waals surface area contributed by atoms with Crippen LogP contribution in [0.25, 0.3) is 11.0 Å². The molecule has 1 fully saturated rings. The molecular formula is C13H18N4S2. The summed E-state index contributed by atoms with van der Waals surface area (Å²) in [6, 6.07) is 2.17. The number of thiol groups is 1. The van der Waals surface area contributed by atoms with Gasteiger partial charge in [-0.15, -0.1) is 0 Å². The van der Waals surface area contributed by atoms with Crippen molar-refractivity contribution in [2.75, 3.05) is 18.8 Å². The van der Waals surface area contributed by atoms with Gasteiger partial charge in [-0.1, -0.05) is 0 Å². The summed E-state index contributed by atoms with van der Waals surface area (Å²) in [5, 5.41) is 5.34. The smallest absolute Gasteiger partial charge is 0.157 e. The quantitative estimate of drug-likeness (QED) is 0.697. The van der Waals surface area contributed by atoms with Crippen LogP contribution in [-0.2, 0) is 7.05 Å². The average molecular weight is 294 g/mol. The molecule has 0 amide bonds. The molecule has 0 aromatic carbocycles. The maximum Gasteiger partial charge on any atom is 0.157 e. The lowest BCUT2D eigenvalue weighted by atomic mass is 10.0. The van der Waals surface area contributed by atoms with Gasteiger partial charge >= 0.3 is 0 Å². The van der Waals surface area contributed by atoms with Gasteiger partial charge in [-0.25, -0.2) is 9.29 Å². The summed E-state index contributed by atoms with van der Waals surface area (Å²) in [6.45, 7) is 2.28. The third-order valence-electron chi connectivity index (χ3n) is 3.61. The zero-order chi connectivity index (χ0) is 13.2. The predicted molar refractivity (Wildman–Crippen MR) is 82.5 cm³/mol. The van der Waals surface area contributed by atoms with Gasteiger partial charge in [-0.3, -0.25) is 4.68 Å². The Balaban J connectivity index is 1.68. The van der Waals surface area contributed by atoms with Crippen molar-refractivity contribution >= 4 is 35.6 Å². The van der Waals surface area contributed by atoms with Crippen LogP contribution < -0.4 is 0 Å². The van der Waals surface area contributed by atoms with Gasteiger partial charge in [-0.2, -0.15) is 17.7 Å². The molecule has 1 saturated heterocycles. The molecule has 6 heteroatoms. The standard InChI is InChI=1S/C13H18N4S2/c1-16-13-11(7-15-16)6-12(8-14-13)19-17-4-2-10(9-18)3-5-17/h6-8,10,18H,2-5,9H2,1H3. The summed E-state index contributed by atoms with van der Waals surface area (Å²) in [4.78, 5) is 5.68. The van der Waals surface area contributed by atoms with E-state index in [2.05, 4.69) is 33.1 Å². The lowest BCUT2D eigenvalue weighted by molar-refractivity contribution is 0.312. The Hall–Kier alpha value is -0.720. The van der Waals surface area contributed by atoms with E-state index in [1.807, 2.05) is 36.1 Å². The lowest BCUT2D eigenvalue weighted by Gasteiger charge is -2.29. The summed E-state index contributed by atoms with van der Waals surface area (Å²) < 4.78 is 4.24. The maximum absolute atomic E-state index is 4.48. The van der Waals surface area contributed by atoms with E-state index in [4.69, 9.17) is 0 Å². The summed E-state index contributed by atoms with van der Waals surface area (Å²) in [5.74, 6) is 1.81. The Kier molecular flexibility index (Phi) is 4.00. The molecule has 0 atom stereocenters. The first-order valence-electron chi connectivity index (χ1n) is 6.58. The number of nitrogens with zero attached hydrogens (tertiary/aromatic N) is 4. The first-order chi connectivity index (χ1) is 9.26. The Morgan fingerprint density at radius 1 is 1.37 bits per heavy atom. The van der Waals surface area contributed by atoms with Gasteiger partial charge in [0.1, 0.15) is 0 Å². The Morgan fingerprint density at radius 3 is 2.89 bits per heavy atom. The van der Waals surface area contributed by atoms with Crippen molar-refractivity contribution in [1.29, 1.82) is 0 Å². The van der Waals surface area contributed by atoms with Crippen molar-refractivity contribution in [2.24, 2.45) is 13.0 Å². The van der Waals surface area contributed by atoms with E-state index in [0.717, 1.165) is 35.8 Å². The van der Waals surface area contributed by atoms with Crippen LogP contribution in [0.5, 0.6) is 0 Å². The highest BCUT2D eigenvalue weighted by Gasteiger charge is 2.19. The highest BCUT2D eigenvalue weighted by molar-refractivity contribution is 7.97. The number of hydrogen-bond donors (Lipinski definition) is 1. The second-order valence-corrected chi connectivity index (χ2v) is 6.53. The Bertz CT molecular complexity index is 561. The second-order valence-electron chi connectivity index (χ2n) is 5.00. The molecule has 0 N–H and O–H groups in total. The van der Waals surface area contributed by atoms with Gasteiger partial charge < -0.3 is 0 Å². The van der Waals surface area contributed by atoms with E-state index < -0.39 is 0 Å². The molecule has 2 aromatic rings. The average Bonchev–Trinajstić information content (AvgIpc) is 2.81. The van der Waals surface area contributed by atoms with Crippen LogP contribution in [0.15, 0.2) is 23.4 Å². The molecule has 3 rings (SSSR count). The minimum atomic E-state index is 0.791. The zero-order valence-corrected chi connectivity index (χ0v) is 12.7. The fourth-order valence-corrected chi connectivity index (χ4v) is 3.74. The van der Waals surface area contributed by atoms with E-state index in [0.29, 0.717) is 0 Å². The van der Waals surface area contributed by atoms with Crippen LogP contribution in [0, 0.1) is 5.92 Å². The van der Waals surface area contributed by atoms with Crippen molar-refractivity contribution in [3.8, 4) is 0 Å². The van der Waals surface area contributed by atoms with Crippen LogP contribution in [0.3, 0.4) is 0 Å². The molecule has 0 unspecified atom stereocenters. The first-order valence-corrected chi connectivity index (χ1v) is 7.98. The molecule has 102 valence electrons. The number of fused-ring (bicyclic) bond motifs is 1. The minimum absolute atomic E-state index is 0.791. The fraction of sp³-hybridized carbons (Fsp3) is 0.538. The molecule has 3 heterocycles. The fourth-order valence-electron chi connectivity index (χ4n) is 2.41. The lowest BCUT2D eigenvalue weighted by Crippen LogP contribution is -2.29. The molecule has 2 aromatic heterocycles. The number of hydrogen-bond acceptors (Lipinski definition) is 5. The summed E-state index contributed by atoms with van der Waals surface area (Å²) in [5.41, 5.74) is 0.943. The van der Waals surface area contributed by atoms with Gasteiger partial charge in [0.15, 0.2) is 5.65 Å². The molecule has 0 saturated carbocycles. The third kappa shape index (κ3) is 2.90. The highest BCUT2D eigenvalue weighted by Crippen LogP contribution is 2.29. The Labute approximate surface area is 123 Å². The maximum atomic E-state index is 4.48. The number of aryl methyl sites for hydroxylation is 1. The topological polar surface area (TPSA) is 34.0 Å². The van der Waals surface area contributed by atoms with Gasteiger partial charge in [0.05, 0.1) is 6.20 Å². The van der Waals surface area contributed by atoms with Crippen molar-refractivity contribution in [3.05, 3.63) is 18.5 Å². The van der Waals surface area contributed by atoms with Gasteiger partial charge in [-0.05, 0) is 42.5 Å². The predicted octanol–water partition coefficient (Wildman–Crippen LogP) is 2.62. The van der Waals surface area contributed by atoms with E-state index in [9.17, 15) is 0 Å². The van der Waals surface area contributed by atoms with Crippen molar-refractivity contribution < 1.29 is 0 Å². The summed E-state index contributed by atoms with van der Waals surface area (Å²) >= 11 is 6.20. The number of piperidine rings is 1. The van der Waals surface area contributed by atoms with Crippen molar-refractivity contribution in [1.82, 2.24) is 19.1 Å². The molecule has 1 aliphatic rings. The molecule has 4 nitrogen and oxygen atoms in total. The van der Waals surface area contributed by atoms with E-state index in [1.165, 1.54) is 17.7 Å². The van der Waals surface area contributed by atoms with Gasteiger partial charge in [0.25, 0.3) is 0 Å².